The summed E-state index contributed by atoms with van der Waals surface area (Å²) in [7, 11) is 0. The monoisotopic (exact) mass is 493 g/mol. The number of benzene rings is 2. The van der Waals surface area contributed by atoms with Gasteiger partial charge >= 0.3 is 0 Å². The molecule has 1 N–H and O–H groups in total. The summed E-state index contributed by atoms with van der Waals surface area (Å²) in [5.74, 6) is 0.764. The molecule has 6 nitrogen and oxygen atoms in total. The molecule has 0 radical (unpaired) electrons. The molecule has 0 unspecified atom stereocenters. The molecule has 2 fully saturated rings. The summed E-state index contributed by atoms with van der Waals surface area (Å²) < 4.78 is 5.32. The van der Waals surface area contributed by atoms with E-state index in [9.17, 15) is 4.79 Å². The van der Waals surface area contributed by atoms with Crippen LogP contribution in [0.2, 0.25) is 0 Å². The molecule has 32 heavy (non-hydrogen) atoms. The third-order valence-electron chi connectivity index (χ3n) is 7.15. The van der Waals surface area contributed by atoms with Gasteiger partial charge in [0.05, 0.1) is 21.9 Å². The molecule has 2 aliphatic rings. The number of hydrogen-bond donors (Lipinski definition) is 1. The highest BCUT2D eigenvalue weighted by Gasteiger charge is 2.28. The minimum absolute atomic E-state index is 0.0849. The maximum Gasteiger partial charge on any atom is 0.283 e. The van der Waals surface area contributed by atoms with Crippen molar-refractivity contribution in [3.05, 3.63) is 51.2 Å². The van der Waals surface area contributed by atoms with Gasteiger partial charge in [0, 0.05) is 41.4 Å². The lowest BCUT2D eigenvalue weighted by Gasteiger charge is -2.40. The number of nitrogens with zero attached hydrogens (tertiary/aromatic N) is 4. The summed E-state index contributed by atoms with van der Waals surface area (Å²) in [4.78, 5) is 20.2. The first-order valence-corrected chi connectivity index (χ1v) is 12.4. The average Bonchev–Trinajstić information content (AvgIpc) is 3.38. The third kappa shape index (κ3) is 3.09. The second kappa shape index (κ2) is 7.32. The van der Waals surface area contributed by atoms with Crippen molar-refractivity contribution in [1.82, 2.24) is 19.3 Å². The Morgan fingerprint density at radius 2 is 1.91 bits per heavy atom. The van der Waals surface area contributed by atoms with Crippen LogP contribution in [-0.2, 0) is 0 Å². The first-order valence-electron chi connectivity index (χ1n) is 11.6. The molecule has 4 aromatic rings. The number of piperazine rings is 1. The van der Waals surface area contributed by atoms with Crippen molar-refractivity contribution >= 4 is 49.3 Å². The van der Waals surface area contributed by atoms with Gasteiger partial charge in [0.1, 0.15) is 0 Å². The van der Waals surface area contributed by atoms with Crippen molar-refractivity contribution < 1.29 is 0 Å². The van der Waals surface area contributed by atoms with Crippen LogP contribution in [0, 0.1) is 0 Å². The number of aromatic nitrogens is 3. The van der Waals surface area contributed by atoms with Gasteiger partial charge in [-0.15, -0.1) is 0 Å². The quantitative estimate of drug-likeness (QED) is 0.432. The fourth-order valence-electron chi connectivity index (χ4n) is 5.70. The largest absolute Gasteiger partial charge is 0.368 e. The van der Waals surface area contributed by atoms with Crippen molar-refractivity contribution in [2.75, 3.05) is 24.5 Å². The fraction of sp³-hybridized carbons (Fsp3) is 0.440. The minimum Gasteiger partial charge on any atom is -0.368 e. The molecule has 0 bridgehead atoms. The Balaban J connectivity index is 1.66. The Bertz CT molecular complexity index is 1410. The summed E-state index contributed by atoms with van der Waals surface area (Å²) in [6.45, 7) is 7.45. The number of halogens is 1. The van der Waals surface area contributed by atoms with Gasteiger partial charge in [-0.2, -0.15) is 4.98 Å². The summed E-state index contributed by atoms with van der Waals surface area (Å²) >= 11 is 3.57. The maximum atomic E-state index is 13.1. The highest BCUT2D eigenvalue weighted by atomic mass is 79.9. The molecule has 1 aliphatic carbocycles. The number of hydrogen-bond acceptors (Lipinski definition) is 4. The smallest absolute Gasteiger partial charge is 0.283 e. The van der Waals surface area contributed by atoms with E-state index in [0.717, 1.165) is 53.8 Å². The zero-order chi connectivity index (χ0) is 22.0. The summed E-state index contributed by atoms with van der Waals surface area (Å²) in [5, 5.41) is 4.25. The molecule has 2 aromatic heterocycles. The summed E-state index contributed by atoms with van der Waals surface area (Å²) in [5.41, 5.74) is 4.35. The maximum absolute atomic E-state index is 13.1. The predicted molar refractivity (Wildman–Crippen MR) is 134 cm³/mol. The van der Waals surface area contributed by atoms with Crippen molar-refractivity contribution in [1.29, 1.82) is 0 Å². The minimum atomic E-state index is -0.168. The number of fused-ring (bicyclic) bond motifs is 5. The molecule has 166 valence electrons. The Kier molecular flexibility index (Phi) is 4.63. The molecule has 0 spiro atoms. The summed E-state index contributed by atoms with van der Waals surface area (Å²) in [6, 6.07) is 13.1. The fourth-order valence-corrected chi connectivity index (χ4v) is 6.22. The molecule has 3 heterocycles. The molecule has 1 saturated carbocycles. The van der Waals surface area contributed by atoms with E-state index >= 15 is 0 Å². The van der Waals surface area contributed by atoms with E-state index in [2.05, 4.69) is 72.1 Å². The first kappa shape index (κ1) is 20.2. The average molecular weight is 494 g/mol. The van der Waals surface area contributed by atoms with Crippen LogP contribution in [0.5, 0.6) is 0 Å². The van der Waals surface area contributed by atoms with E-state index in [0.29, 0.717) is 11.4 Å². The van der Waals surface area contributed by atoms with E-state index in [-0.39, 0.29) is 11.1 Å². The molecule has 7 heteroatoms. The topological polar surface area (TPSA) is 54.6 Å². The second-order valence-electron chi connectivity index (χ2n) is 9.90. The van der Waals surface area contributed by atoms with Crippen LogP contribution in [0.15, 0.2) is 45.7 Å². The lowest BCUT2D eigenvalue weighted by Crippen LogP contribution is -2.57. The molecule has 1 aliphatic heterocycles. The van der Waals surface area contributed by atoms with Crippen molar-refractivity contribution in [2.45, 2.75) is 51.1 Å². The van der Waals surface area contributed by atoms with Crippen LogP contribution in [-0.4, -0.2) is 39.1 Å². The van der Waals surface area contributed by atoms with E-state index in [4.69, 9.17) is 0 Å². The Morgan fingerprint density at radius 3 is 2.69 bits per heavy atom. The molecular weight excluding hydrogens is 466 g/mol. The van der Waals surface area contributed by atoms with Gasteiger partial charge in [0.15, 0.2) is 0 Å². The molecule has 6 rings (SSSR count). The lowest BCUT2D eigenvalue weighted by atomic mass is 10.0. The number of nitrogens with one attached hydrogen (secondary N) is 1. The number of rotatable bonds is 2. The zero-order valence-corrected chi connectivity index (χ0v) is 20.2. The van der Waals surface area contributed by atoms with E-state index in [1.54, 1.807) is 0 Å². The molecule has 1 saturated heterocycles. The van der Waals surface area contributed by atoms with Crippen LogP contribution < -0.4 is 15.8 Å². The first-order chi connectivity index (χ1) is 15.4. The van der Waals surface area contributed by atoms with Gasteiger partial charge in [-0.3, -0.25) is 9.20 Å². The lowest BCUT2D eigenvalue weighted by molar-refractivity contribution is 0.353. The molecule has 2 aromatic carbocycles. The number of anilines is 1. The van der Waals surface area contributed by atoms with Crippen molar-refractivity contribution in [2.24, 2.45) is 0 Å². The van der Waals surface area contributed by atoms with Gasteiger partial charge in [0.25, 0.3) is 5.56 Å². The van der Waals surface area contributed by atoms with Gasteiger partial charge in [-0.1, -0.05) is 18.9 Å². The van der Waals surface area contributed by atoms with Crippen LogP contribution in [0.3, 0.4) is 0 Å². The van der Waals surface area contributed by atoms with E-state index in [1.807, 2.05) is 18.2 Å². The summed E-state index contributed by atoms with van der Waals surface area (Å²) in [6.07, 6.45) is 4.73. The van der Waals surface area contributed by atoms with E-state index < -0.39 is 0 Å². The molecule has 0 atom stereocenters. The SMILES string of the molecule is CC1(C)CN(c2ccc3c(c2)n(C2CCCC2)c2nc(=O)c4c(Br)cccc4n32)CCN1. The third-order valence-corrected chi connectivity index (χ3v) is 7.81. The predicted octanol–water partition coefficient (Wildman–Crippen LogP) is 4.87. The zero-order valence-electron chi connectivity index (χ0n) is 18.6. The van der Waals surface area contributed by atoms with Gasteiger partial charge < -0.3 is 14.8 Å². The van der Waals surface area contributed by atoms with Crippen LogP contribution in [0.1, 0.15) is 45.6 Å². The standard InChI is InChI=1S/C25H28BrN5O/c1-25(2)15-29(13-12-27-25)17-10-11-19-21(14-17)30(16-6-3-4-7-16)24-28-23(32)22-18(26)8-5-9-20(22)31(19)24/h5,8-11,14,16,27H,3-4,6-7,12-13,15H2,1-2H3. The Morgan fingerprint density at radius 1 is 1.09 bits per heavy atom. The Hall–Kier alpha value is -2.38. The van der Waals surface area contributed by atoms with Crippen molar-refractivity contribution in [3.63, 3.8) is 0 Å². The molecular formula is C25H28BrN5O. The van der Waals surface area contributed by atoms with Gasteiger partial charge in [-0.25, -0.2) is 0 Å². The highest BCUT2D eigenvalue weighted by molar-refractivity contribution is 9.10. The van der Waals surface area contributed by atoms with Gasteiger partial charge in [-0.05, 0) is 73.0 Å². The van der Waals surface area contributed by atoms with Crippen LogP contribution >= 0.6 is 15.9 Å². The van der Waals surface area contributed by atoms with Crippen LogP contribution in [0.25, 0.3) is 27.7 Å². The van der Waals surface area contributed by atoms with Crippen LogP contribution in [0.4, 0.5) is 5.69 Å². The van der Waals surface area contributed by atoms with Crippen molar-refractivity contribution in [3.8, 4) is 0 Å². The Labute approximate surface area is 195 Å². The van der Waals surface area contributed by atoms with Gasteiger partial charge in [0.2, 0.25) is 5.78 Å². The normalized spacial score (nSPS) is 19.5. The van der Waals surface area contributed by atoms with E-state index in [1.165, 1.54) is 24.0 Å². The highest BCUT2D eigenvalue weighted by Crippen LogP contribution is 2.37. The number of imidazole rings is 1. The molecule has 0 amide bonds. The second-order valence-corrected chi connectivity index (χ2v) is 10.8.